The van der Waals surface area contributed by atoms with Crippen LogP contribution in [-0.4, -0.2) is 34.9 Å². The highest BCUT2D eigenvalue weighted by molar-refractivity contribution is 5.25. The van der Waals surface area contributed by atoms with Crippen LogP contribution in [0.2, 0.25) is 0 Å². The van der Waals surface area contributed by atoms with Crippen molar-refractivity contribution < 1.29 is 0 Å². The third-order valence-electron chi connectivity index (χ3n) is 2.98. The van der Waals surface area contributed by atoms with E-state index in [0.29, 0.717) is 11.8 Å². The molecule has 1 aliphatic rings. The number of aromatic nitrogens is 3. The lowest BCUT2D eigenvalue weighted by atomic mass is 9.97. The maximum absolute atomic E-state index is 4.23. The second-order valence-corrected chi connectivity index (χ2v) is 3.93. The van der Waals surface area contributed by atoms with Crippen molar-refractivity contribution in [2.45, 2.75) is 12.8 Å². The molecule has 0 saturated carbocycles. The average Bonchev–Trinajstić information content (AvgIpc) is 2.72. The Balaban J connectivity index is 2.27. The topological polar surface area (TPSA) is 54.8 Å². The molecule has 1 aromatic rings. The van der Waals surface area contributed by atoms with Crippen molar-refractivity contribution in [1.29, 1.82) is 0 Å². The van der Waals surface area contributed by atoms with Crippen molar-refractivity contribution in [1.82, 2.24) is 20.1 Å². The van der Waals surface area contributed by atoms with Crippen LogP contribution in [0, 0.1) is 5.92 Å². The molecule has 2 heterocycles. The summed E-state index contributed by atoms with van der Waals surface area (Å²) in [5, 5.41) is 14.7. The molecule has 2 rings (SSSR count). The van der Waals surface area contributed by atoms with Gasteiger partial charge in [0.2, 0.25) is 5.95 Å². The van der Waals surface area contributed by atoms with Gasteiger partial charge in [-0.25, -0.2) is 0 Å². The Morgan fingerprint density at radius 1 is 1.43 bits per heavy atom. The van der Waals surface area contributed by atoms with Crippen LogP contribution in [0.4, 0.5) is 5.95 Å². The largest absolute Gasteiger partial charge is 0.357 e. The summed E-state index contributed by atoms with van der Waals surface area (Å²) >= 11 is 0. The van der Waals surface area contributed by atoms with Crippen molar-refractivity contribution >= 4 is 5.95 Å². The van der Waals surface area contributed by atoms with Crippen LogP contribution in [0.1, 0.15) is 18.7 Å². The quantitative estimate of drug-likeness (QED) is 0.707. The fourth-order valence-electron chi connectivity index (χ4n) is 2.04. The molecule has 1 aromatic heterocycles. The lowest BCUT2D eigenvalue weighted by molar-refractivity contribution is 0.529. The maximum atomic E-state index is 4.23. The van der Waals surface area contributed by atoms with Crippen LogP contribution in [0.5, 0.6) is 0 Å². The molecule has 2 atom stereocenters. The second-order valence-electron chi connectivity index (χ2n) is 3.93. The summed E-state index contributed by atoms with van der Waals surface area (Å²) < 4.78 is 2.04. The summed E-state index contributed by atoms with van der Waals surface area (Å²) in [7, 11) is 3.87. The van der Waals surface area contributed by atoms with Crippen LogP contribution in [0.3, 0.4) is 0 Å². The molecule has 0 aromatic carbocycles. The van der Waals surface area contributed by atoms with Crippen molar-refractivity contribution in [3.8, 4) is 0 Å². The van der Waals surface area contributed by atoms with Crippen molar-refractivity contribution in [3.05, 3.63) is 5.82 Å². The van der Waals surface area contributed by atoms with E-state index in [1.165, 1.54) is 0 Å². The Kier molecular flexibility index (Phi) is 2.41. The summed E-state index contributed by atoms with van der Waals surface area (Å²) in [6.45, 7) is 4.33. The predicted octanol–water partition coefficient (Wildman–Crippen LogP) is 0.180. The first-order chi connectivity index (χ1) is 6.74. The van der Waals surface area contributed by atoms with Gasteiger partial charge in [0.05, 0.1) is 0 Å². The van der Waals surface area contributed by atoms with E-state index in [1.807, 2.05) is 18.7 Å². The number of anilines is 1. The van der Waals surface area contributed by atoms with E-state index in [-0.39, 0.29) is 0 Å². The van der Waals surface area contributed by atoms with Crippen LogP contribution >= 0.6 is 0 Å². The summed E-state index contributed by atoms with van der Waals surface area (Å²) in [4.78, 5) is 0. The Morgan fingerprint density at radius 2 is 2.21 bits per heavy atom. The molecule has 0 radical (unpaired) electrons. The van der Waals surface area contributed by atoms with Crippen LogP contribution in [-0.2, 0) is 7.05 Å². The SMILES string of the molecule is CNc1nnc(C2CNCC2C)n1C. The predicted molar refractivity (Wildman–Crippen MR) is 55.3 cm³/mol. The molecule has 5 heteroatoms. The van der Waals surface area contributed by atoms with E-state index in [1.54, 1.807) is 0 Å². The summed E-state index contributed by atoms with van der Waals surface area (Å²) in [6, 6.07) is 0. The normalized spacial score (nSPS) is 26.8. The van der Waals surface area contributed by atoms with Gasteiger partial charge in [-0.05, 0) is 12.5 Å². The van der Waals surface area contributed by atoms with Crippen molar-refractivity contribution in [2.75, 3.05) is 25.5 Å². The van der Waals surface area contributed by atoms with E-state index < -0.39 is 0 Å². The summed E-state index contributed by atoms with van der Waals surface area (Å²) in [6.07, 6.45) is 0. The zero-order valence-corrected chi connectivity index (χ0v) is 8.91. The molecule has 0 bridgehead atoms. The van der Waals surface area contributed by atoms with E-state index in [0.717, 1.165) is 24.9 Å². The van der Waals surface area contributed by atoms with Crippen molar-refractivity contribution in [2.24, 2.45) is 13.0 Å². The van der Waals surface area contributed by atoms with Gasteiger partial charge in [0, 0.05) is 26.6 Å². The van der Waals surface area contributed by atoms with Gasteiger partial charge in [-0.15, -0.1) is 10.2 Å². The molecule has 5 nitrogen and oxygen atoms in total. The van der Waals surface area contributed by atoms with Gasteiger partial charge in [0.1, 0.15) is 5.82 Å². The molecular formula is C9H17N5. The number of nitrogens with one attached hydrogen (secondary N) is 2. The van der Waals surface area contributed by atoms with Gasteiger partial charge < -0.3 is 15.2 Å². The zero-order valence-electron chi connectivity index (χ0n) is 8.91. The zero-order chi connectivity index (χ0) is 10.1. The van der Waals surface area contributed by atoms with E-state index >= 15 is 0 Å². The third kappa shape index (κ3) is 1.37. The molecule has 78 valence electrons. The Labute approximate surface area is 83.9 Å². The van der Waals surface area contributed by atoms with E-state index in [4.69, 9.17) is 0 Å². The second kappa shape index (κ2) is 3.57. The number of hydrogen-bond acceptors (Lipinski definition) is 4. The Hall–Kier alpha value is -1.10. The van der Waals surface area contributed by atoms with E-state index in [2.05, 4.69) is 27.8 Å². The van der Waals surface area contributed by atoms with Gasteiger partial charge in [0.25, 0.3) is 0 Å². The molecule has 0 spiro atoms. The van der Waals surface area contributed by atoms with E-state index in [9.17, 15) is 0 Å². The first kappa shape index (κ1) is 9.45. The van der Waals surface area contributed by atoms with Crippen LogP contribution < -0.4 is 10.6 Å². The molecule has 1 saturated heterocycles. The lowest BCUT2D eigenvalue weighted by Gasteiger charge is -2.13. The molecule has 14 heavy (non-hydrogen) atoms. The molecule has 0 amide bonds. The number of nitrogens with zero attached hydrogens (tertiary/aromatic N) is 3. The minimum Gasteiger partial charge on any atom is -0.357 e. The van der Waals surface area contributed by atoms with Gasteiger partial charge in [-0.1, -0.05) is 6.92 Å². The van der Waals surface area contributed by atoms with Gasteiger partial charge in [-0.2, -0.15) is 0 Å². The number of rotatable bonds is 2. The highest BCUT2D eigenvalue weighted by Crippen LogP contribution is 2.26. The highest BCUT2D eigenvalue weighted by atomic mass is 15.3. The molecule has 0 aliphatic carbocycles. The molecule has 1 aliphatic heterocycles. The Morgan fingerprint density at radius 3 is 2.71 bits per heavy atom. The van der Waals surface area contributed by atoms with Gasteiger partial charge >= 0.3 is 0 Å². The minimum absolute atomic E-state index is 0.495. The summed E-state index contributed by atoms with van der Waals surface area (Å²) in [5.74, 6) is 3.04. The first-order valence-electron chi connectivity index (χ1n) is 5.01. The van der Waals surface area contributed by atoms with Crippen molar-refractivity contribution in [3.63, 3.8) is 0 Å². The number of hydrogen-bond donors (Lipinski definition) is 2. The average molecular weight is 195 g/mol. The summed E-state index contributed by atoms with van der Waals surface area (Å²) in [5.41, 5.74) is 0. The lowest BCUT2D eigenvalue weighted by Crippen LogP contribution is -2.13. The Bertz CT molecular complexity index is 319. The monoisotopic (exact) mass is 195 g/mol. The van der Waals surface area contributed by atoms with Crippen LogP contribution in [0.15, 0.2) is 0 Å². The third-order valence-corrected chi connectivity index (χ3v) is 2.98. The molecule has 1 fully saturated rings. The molecule has 2 N–H and O–H groups in total. The highest BCUT2D eigenvalue weighted by Gasteiger charge is 2.28. The first-order valence-corrected chi connectivity index (χ1v) is 5.01. The standard InChI is InChI=1S/C9H17N5/c1-6-4-11-5-7(6)8-12-13-9(10-2)14(8)3/h6-7,11H,4-5H2,1-3H3,(H,10,13). The van der Waals surface area contributed by atoms with Gasteiger partial charge in [-0.3, -0.25) is 0 Å². The smallest absolute Gasteiger partial charge is 0.224 e. The van der Waals surface area contributed by atoms with Crippen LogP contribution in [0.25, 0.3) is 0 Å². The minimum atomic E-state index is 0.495. The maximum Gasteiger partial charge on any atom is 0.224 e. The molecule has 2 unspecified atom stereocenters. The fourth-order valence-corrected chi connectivity index (χ4v) is 2.04. The van der Waals surface area contributed by atoms with Gasteiger partial charge in [0.15, 0.2) is 0 Å². The molecular weight excluding hydrogens is 178 g/mol. The fraction of sp³-hybridized carbons (Fsp3) is 0.778.